The molecule has 1 aromatic heterocycles. The smallest absolute Gasteiger partial charge is 0.335 e. The summed E-state index contributed by atoms with van der Waals surface area (Å²) < 4.78 is 11.0. The molecule has 8 heteroatoms. The molecule has 6 rings (SSSR count). The number of anilines is 2. The number of benzene rings is 3. The van der Waals surface area contributed by atoms with E-state index in [1.165, 1.54) is 5.56 Å². The van der Waals surface area contributed by atoms with Gasteiger partial charge in [-0.15, -0.1) is 0 Å². The number of hydrogen-bond acceptors (Lipinski definition) is 6. The molecule has 2 aliphatic rings. The molecule has 0 fully saturated rings. The van der Waals surface area contributed by atoms with Crippen molar-refractivity contribution in [3.8, 4) is 22.8 Å². The zero-order chi connectivity index (χ0) is 22.5. The summed E-state index contributed by atoms with van der Waals surface area (Å²) in [7, 11) is 0. The van der Waals surface area contributed by atoms with Crippen LogP contribution in [0.1, 0.15) is 22.3 Å². The predicted molar refractivity (Wildman–Crippen MR) is 125 cm³/mol. The first-order valence-corrected chi connectivity index (χ1v) is 11.0. The Hall–Kier alpha value is -3.84. The zero-order valence-corrected chi connectivity index (χ0v) is 18.2. The van der Waals surface area contributed by atoms with Crippen LogP contribution in [0.4, 0.5) is 11.5 Å². The number of halogens is 1. The Morgan fingerprint density at radius 1 is 0.970 bits per heavy atom. The fourth-order valence-electron chi connectivity index (χ4n) is 4.37. The predicted octanol–water partition coefficient (Wildman–Crippen LogP) is 5.46. The van der Waals surface area contributed by atoms with E-state index in [1.807, 2.05) is 36.4 Å². The quantitative estimate of drug-likeness (QED) is 0.435. The summed E-state index contributed by atoms with van der Waals surface area (Å²) >= 11 is 6.34. The maximum absolute atomic E-state index is 11.5. The van der Waals surface area contributed by atoms with E-state index >= 15 is 0 Å². The number of rotatable bonds is 3. The van der Waals surface area contributed by atoms with Crippen LogP contribution >= 0.6 is 11.6 Å². The van der Waals surface area contributed by atoms with Crippen molar-refractivity contribution in [1.82, 2.24) is 9.97 Å². The van der Waals surface area contributed by atoms with Crippen LogP contribution in [0.15, 0.2) is 54.6 Å². The molecule has 0 radical (unpaired) electrons. The Labute approximate surface area is 194 Å². The molecule has 33 heavy (non-hydrogen) atoms. The number of aromatic carboxylic acids is 1. The van der Waals surface area contributed by atoms with Crippen molar-refractivity contribution in [1.29, 1.82) is 0 Å². The molecule has 4 aromatic rings. The minimum atomic E-state index is -1.00. The number of nitrogens with zero attached hydrogens (tertiary/aromatic N) is 3. The molecule has 1 N–H and O–H groups in total. The molecule has 0 saturated heterocycles. The van der Waals surface area contributed by atoms with Gasteiger partial charge in [-0.3, -0.25) is 0 Å². The average molecular weight is 460 g/mol. The van der Waals surface area contributed by atoms with Gasteiger partial charge < -0.3 is 19.5 Å². The van der Waals surface area contributed by atoms with Crippen molar-refractivity contribution in [2.75, 3.05) is 18.2 Å². The van der Waals surface area contributed by atoms with Crippen LogP contribution in [0.25, 0.3) is 22.3 Å². The van der Waals surface area contributed by atoms with Gasteiger partial charge in [-0.25, -0.2) is 14.8 Å². The Bertz CT molecular complexity index is 1440. The highest BCUT2D eigenvalue weighted by atomic mass is 35.5. The Kier molecular flexibility index (Phi) is 4.58. The number of aromatic nitrogens is 2. The number of fused-ring (bicyclic) bond motifs is 3. The number of hydrogen-bond donors (Lipinski definition) is 1. The number of carboxylic acid groups (broad SMARTS) is 1. The van der Waals surface area contributed by atoms with E-state index in [0.717, 1.165) is 30.6 Å². The molecular weight excluding hydrogens is 442 g/mol. The zero-order valence-electron chi connectivity index (χ0n) is 17.4. The third kappa shape index (κ3) is 3.41. The highest BCUT2D eigenvalue weighted by Gasteiger charge is 2.25. The second kappa shape index (κ2) is 7.64. The number of aryl methyl sites for hydroxylation is 1. The third-order valence-electron chi connectivity index (χ3n) is 5.96. The normalized spacial score (nSPS) is 14.4. The van der Waals surface area contributed by atoms with Crippen LogP contribution < -0.4 is 14.4 Å². The fraction of sp³-hybridized carbons (Fsp3) is 0.160. The number of carbonyl (C=O) groups is 1. The molecule has 3 heterocycles. The Morgan fingerprint density at radius 2 is 1.85 bits per heavy atom. The molecular formula is C25H18ClN3O4. The van der Waals surface area contributed by atoms with Gasteiger partial charge in [-0.1, -0.05) is 17.7 Å². The molecule has 0 saturated carbocycles. The van der Waals surface area contributed by atoms with Crippen LogP contribution in [-0.4, -0.2) is 34.4 Å². The van der Waals surface area contributed by atoms with E-state index < -0.39 is 5.97 Å². The lowest BCUT2D eigenvalue weighted by molar-refractivity contribution is 0.0697. The summed E-state index contributed by atoms with van der Waals surface area (Å²) in [5, 5.41) is 10.1. The van der Waals surface area contributed by atoms with E-state index in [0.29, 0.717) is 39.1 Å². The second-order valence-electron chi connectivity index (χ2n) is 8.00. The molecule has 2 aliphatic heterocycles. The first-order chi connectivity index (χ1) is 16.1. The maximum atomic E-state index is 11.5. The van der Waals surface area contributed by atoms with Crippen molar-refractivity contribution in [3.63, 3.8) is 0 Å². The lowest BCUT2D eigenvalue weighted by Crippen LogP contribution is -2.26. The Morgan fingerprint density at radius 3 is 2.73 bits per heavy atom. The summed E-state index contributed by atoms with van der Waals surface area (Å²) in [6.07, 6.45) is 1.90. The molecule has 0 unspecified atom stereocenters. The lowest BCUT2D eigenvalue weighted by atomic mass is 10.0. The SMILES string of the molecule is O=C(O)c1ccc2nc(-c3ccc4c(c3)OCO4)c(N3CCCc4ccc(Cl)cc43)nc2c1. The van der Waals surface area contributed by atoms with Gasteiger partial charge in [0, 0.05) is 22.8 Å². The molecule has 0 spiro atoms. The van der Waals surface area contributed by atoms with Gasteiger partial charge in [0.1, 0.15) is 5.69 Å². The molecule has 3 aromatic carbocycles. The molecule has 7 nitrogen and oxygen atoms in total. The molecule has 0 amide bonds. The molecule has 0 bridgehead atoms. The van der Waals surface area contributed by atoms with E-state index in [9.17, 15) is 9.90 Å². The van der Waals surface area contributed by atoms with E-state index in [-0.39, 0.29) is 12.4 Å². The topological polar surface area (TPSA) is 84.8 Å². The van der Waals surface area contributed by atoms with Gasteiger partial charge in [0.15, 0.2) is 17.3 Å². The van der Waals surface area contributed by atoms with Crippen LogP contribution in [0, 0.1) is 0 Å². The second-order valence-corrected chi connectivity index (χ2v) is 8.44. The number of ether oxygens (including phenoxy) is 2. The highest BCUT2D eigenvalue weighted by molar-refractivity contribution is 6.30. The van der Waals surface area contributed by atoms with Crippen LogP contribution in [0.3, 0.4) is 0 Å². The summed E-state index contributed by atoms with van der Waals surface area (Å²) in [5.74, 6) is 0.987. The molecule has 0 aliphatic carbocycles. The number of carboxylic acids is 1. The van der Waals surface area contributed by atoms with Gasteiger partial charge >= 0.3 is 5.97 Å². The van der Waals surface area contributed by atoms with Gasteiger partial charge in [-0.2, -0.15) is 0 Å². The third-order valence-corrected chi connectivity index (χ3v) is 6.20. The Balaban J connectivity index is 1.60. The van der Waals surface area contributed by atoms with Gasteiger partial charge in [0.2, 0.25) is 6.79 Å². The fourth-order valence-corrected chi connectivity index (χ4v) is 4.54. The van der Waals surface area contributed by atoms with Crippen molar-refractivity contribution < 1.29 is 19.4 Å². The van der Waals surface area contributed by atoms with Crippen molar-refractivity contribution in [3.05, 3.63) is 70.7 Å². The summed E-state index contributed by atoms with van der Waals surface area (Å²) in [6.45, 7) is 0.925. The minimum absolute atomic E-state index is 0.167. The van der Waals surface area contributed by atoms with Crippen molar-refractivity contribution >= 4 is 40.1 Å². The monoisotopic (exact) mass is 459 g/mol. The molecule has 0 atom stereocenters. The van der Waals surface area contributed by atoms with Crippen molar-refractivity contribution in [2.24, 2.45) is 0 Å². The standard InChI is InChI=1S/C25H18ClN3O4/c26-17-6-3-14-2-1-9-29(20(14)12-17)24-23(15-5-8-21-22(11-15)33-13-32-21)27-18-7-4-16(25(30)31)10-19(18)28-24/h3-8,10-12H,1-2,9,13H2,(H,30,31). The molecule has 164 valence electrons. The van der Waals surface area contributed by atoms with Crippen LogP contribution in [0.5, 0.6) is 11.5 Å². The highest BCUT2D eigenvalue weighted by Crippen LogP contribution is 2.42. The first kappa shape index (κ1) is 19.8. The van der Waals surface area contributed by atoms with Gasteiger partial charge in [0.05, 0.1) is 16.6 Å². The van der Waals surface area contributed by atoms with Crippen LogP contribution in [-0.2, 0) is 6.42 Å². The summed E-state index contributed by atoms with van der Waals surface area (Å²) in [6, 6.07) is 16.4. The van der Waals surface area contributed by atoms with E-state index in [4.69, 9.17) is 31.0 Å². The minimum Gasteiger partial charge on any atom is -0.478 e. The lowest BCUT2D eigenvalue weighted by Gasteiger charge is -2.32. The van der Waals surface area contributed by atoms with E-state index in [1.54, 1.807) is 18.2 Å². The maximum Gasteiger partial charge on any atom is 0.335 e. The summed E-state index contributed by atoms with van der Waals surface area (Å²) in [5.41, 5.74) is 4.98. The van der Waals surface area contributed by atoms with Crippen LogP contribution in [0.2, 0.25) is 5.02 Å². The largest absolute Gasteiger partial charge is 0.478 e. The van der Waals surface area contributed by atoms with Crippen molar-refractivity contribution in [2.45, 2.75) is 12.8 Å². The summed E-state index contributed by atoms with van der Waals surface area (Å²) in [4.78, 5) is 23.5. The first-order valence-electron chi connectivity index (χ1n) is 10.6. The van der Waals surface area contributed by atoms with Gasteiger partial charge in [0.25, 0.3) is 0 Å². The van der Waals surface area contributed by atoms with Gasteiger partial charge in [-0.05, 0) is 66.9 Å². The average Bonchev–Trinajstić information content (AvgIpc) is 3.30. The van der Waals surface area contributed by atoms with E-state index in [2.05, 4.69) is 4.90 Å².